The Hall–Kier alpha value is -3.65. The predicted octanol–water partition coefficient (Wildman–Crippen LogP) is 5.99. The molecule has 1 spiro atoms. The Kier molecular flexibility index (Phi) is 7.11. The third-order valence-electron chi connectivity index (χ3n) is 8.55. The van der Waals surface area contributed by atoms with Gasteiger partial charge in [0.1, 0.15) is 10.8 Å². The summed E-state index contributed by atoms with van der Waals surface area (Å²) in [7, 11) is -8.64. The molecule has 9 nitrogen and oxygen atoms in total. The summed E-state index contributed by atoms with van der Waals surface area (Å²) in [6, 6.07) is 27.5. The third-order valence-corrected chi connectivity index (χ3v) is 11.7. The van der Waals surface area contributed by atoms with Crippen LogP contribution in [0, 0.1) is 0 Å². The molecule has 2 N–H and O–H groups in total. The van der Waals surface area contributed by atoms with E-state index < -0.39 is 31.4 Å². The lowest BCUT2D eigenvalue weighted by Gasteiger charge is -2.32. The van der Waals surface area contributed by atoms with Crippen LogP contribution >= 0.6 is 11.3 Å². The van der Waals surface area contributed by atoms with Crippen molar-refractivity contribution in [3.63, 3.8) is 0 Å². The Balaban J connectivity index is 1.44. The lowest BCUT2D eigenvalue weighted by Crippen LogP contribution is -2.54. The van der Waals surface area contributed by atoms with Gasteiger partial charge in [0.05, 0.1) is 17.7 Å². The molecule has 44 heavy (non-hydrogen) atoms. The highest BCUT2D eigenvalue weighted by molar-refractivity contribution is 7.86. The maximum Gasteiger partial charge on any atom is 0.320 e. The standard InChI is InChI=1S/C32H28N2O7S3/c35-43(36,37)19-7-17-33-29(42-28-16-14-23-10-4-5-11-25(23)32(28)33)21-30-34(18-6-12-31(34)44(38,39)40)26-20-24(13-15-27(26)41-30)22-8-2-1-3-9-22/h1-5,8-11,13-16,20-21,31H,6-7,12,17-19H2/p+2. The number of aryl methyl sites for hydroxylation is 1. The fourth-order valence-corrected chi connectivity index (χ4v) is 9.55. The van der Waals surface area contributed by atoms with E-state index in [-0.39, 0.29) is 17.3 Å². The highest BCUT2D eigenvalue weighted by atomic mass is 32.2. The molecule has 0 aliphatic carbocycles. The fraction of sp³-hybridized carbons (Fsp3) is 0.219. The number of benzene rings is 4. The molecule has 12 heteroatoms. The number of hydrogen-bond acceptors (Lipinski definition) is 6. The highest BCUT2D eigenvalue weighted by Gasteiger charge is 2.59. The van der Waals surface area contributed by atoms with E-state index >= 15 is 0 Å². The van der Waals surface area contributed by atoms with Gasteiger partial charge in [-0.3, -0.25) is 9.11 Å². The second-order valence-electron chi connectivity index (χ2n) is 11.2. The molecule has 2 aliphatic rings. The molecule has 4 aromatic carbocycles. The van der Waals surface area contributed by atoms with E-state index in [1.165, 1.54) is 11.3 Å². The van der Waals surface area contributed by atoms with E-state index in [0.29, 0.717) is 36.8 Å². The van der Waals surface area contributed by atoms with Crippen LogP contribution in [0.1, 0.15) is 24.3 Å². The monoisotopic (exact) mass is 650 g/mol. The Labute approximate surface area is 259 Å². The summed E-state index contributed by atoms with van der Waals surface area (Å²) >= 11 is 1.49. The van der Waals surface area contributed by atoms with E-state index in [1.807, 2.05) is 95.6 Å². The maximum absolute atomic E-state index is 12.9. The molecule has 226 valence electrons. The molecule has 2 atom stereocenters. The second kappa shape index (κ2) is 10.8. The van der Waals surface area contributed by atoms with Crippen LogP contribution in [0.5, 0.6) is 5.75 Å². The average Bonchev–Trinajstić information content (AvgIpc) is 3.68. The smallest absolute Gasteiger partial charge is 0.320 e. The van der Waals surface area contributed by atoms with Crippen molar-refractivity contribution in [2.45, 2.75) is 31.2 Å². The van der Waals surface area contributed by atoms with E-state index in [1.54, 1.807) is 0 Å². The summed E-state index contributed by atoms with van der Waals surface area (Å²) in [5.41, 5.74) is 3.46. The van der Waals surface area contributed by atoms with Crippen molar-refractivity contribution in [3.05, 3.63) is 95.8 Å². The Bertz CT molecular complexity index is 2180. The predicted molar refractivity (Wildman–Crippen MR) is 172 cm³/mol. The number of quaternary nitrogens is 1. The summed E-state index contributed by atoms with van der Waals surface area (Å²) in [4.78, 5) is 0. The zero-order chi connectivity index (χ0) is 30.7. The van der Waals surface area contributed by atoms with E-state index in [2.05, 4.69) is 0 Å². The third kappa shape index (κ3) is 5.01. The van der Waals surface area contributed by atoms with Crippen molar-refractivity contribution in [1.29, 1.82) is 0 Å². The molecule has 0 radical (unpaired) electrons. The summed E-state index contributed by atoms with van der Waals surface area (Å²) in [5, 5.41) is 1.59. The first-order valence-corrected chi connectivity index (χ1v) is 18.2. The summed E-state index contributed by atoms with van der Waals surface area (Å²) in [5.74, 6) is 0.508. The van der Waals surface area contributed by atoms with E-state index in [4.69, 9.17) is 4.74 Å². The molecule has 5 aromatic rings. The van der Waals surface area contributed by atoms with Crippen LogP contribution < -0.4 is 13.8 Å². The van der Waals surface area contributed by atoms with Crippen LogP contribution in [-0.4, -0.2) is 43.6 Å². The number of nitrogens with zero attached hydrogens (tertiary/aromatic N) is 2. The topological polar surface area (TPSA) is 122 Å². The zero-order valence-corrected chi connectivity index (χ0v) is 26.0. The molecule has 1 aromatic heterocycles. The number of hydrogen-bond donors (Lipinski definition) is 2. The van der Waals surface area contributed by atoms with E-state index in [9.17, 15) is 25.9 Å². The van der Waals surface area contributed by atoms with Crippen LogP contribution in [0.4, 0.5) is 5.69 Å². The number of fused-ring (bicyclic) bond motifs is 5. The first-order chi connectivity index (χ1) is 21.0. The highest BCUT2D eigenvalue weighted by Crippen LogP contribution is 2.53. The average molecular weight is 651 g/mol. The molecule has 1 fully saturated rings. The van der Waals surface area contributed by atoms with Crippen LogP contribution in [0.3, 0.4) is 0 Å². The molecule has 0 saturated carbocycles. The number of aromatic nitrogens is 1. The quantitative estimate of drug-likeness (QED) is 0.126. The van der Waals surface area contributed by atoms with E-state index in [0.717, 1.165) is 37.1 Å². The first kappa shape index (κ1) is 29.1. The minimum atomic E-state index is -4.48. The van der Waals surface area contributed by atoms with Crippen molar-refractivity contribution < 1.29 is 35.2 Å². The van der Waals surface area contributed by atoms with Gasteiger partial charge in [-0.15, -0.1) is 0 Å². The molecule has 1 saturated heterocycles. The summed E-state index contributed by atoms with van der Waals surface area (Å²) < 4.78 is 78.2. The number of ether oxygens (including phenoxy) is 1. The first-order valence-electron chi connectivity index (χ1n) is 14.3. The van der Waals surface area contributed by atoms with Crippen LogP contribution in [-0.2, 0) is 26.8 Å². The molecular weight excluding hydrogens is 621 g/mol. The van der Waals surface area contributed by atoms with Crippen molar-refractivity contribution in [1.82, 2.24) is 4.48 Å². The zero-order valence-electron chi connectivity index (χ0n) is 23.5. The lowest BCUT2D eigenvalue weighted by molar-refractivity contribution is -0.668. The summed E-state index contributed by atoms with van der Waals surface area (Å²) in [6.45, 7) is 0.706. The molecule has 7 rings (SSSR count). The Morgan fingerprint density at radius 2 is 1.70 bits per heavy atom. The number of thiazole rings is 1. The second-order valence-corrected chi connectivity index (χ2v) is 15.4. The maximum atomic E-state index is 12.9. The molecule has 2 aliphatic heterocycles. The molecule has 0 bridgehead atoms. The van der Waals surface area contributed by atoms with Crippen molar-refractivity contribution in [2.24, 2.45) is 0 Å². The minimum Gasteiger partial charge on any atom is -0.406 e. The SMILES string of the molecule is O=S(=O)(O)CCC[n+]1c(C=C2Oc3ccc(-c4ccccc4)cc3[N+]23CCCC3S(=O)(=O)O)sc2ccc3ccccc3c21. The van der Waals surface area contributed by atoms with Gasteiger partial charge in [-0.25, -0.2) is 4.48 Å². The minimum absolute atomic E-state index is 0.171. The largest absolute Gasteiger partial charge is 0.406 e. The van der Waals surface area contributed by atoms with Crippen molar-refractivity contribution in [3.8, 4) is 16.9 Å². The molecular formula is C32H30N2O7S3+2. The van der Waals surface area contributed by atoms with Gasteiger partial charge in [0.15, 0.2) is 18.0 Å². The van der Waals surface area contributed by atoms with Crippen LogP contribution in [0.15, 0.2) is 90.8 Å². The summed E-state index contributed by atoms with van der Waals surface area (Å²) in [6.07, 6.45) is 2.83. The van der Waals surface area contributed by atoms with Gasteiger partial charge in [-0.1, -0.05) is 72.0 Å². The van der Waals surface area contributed by atoms with Gasteiger partial charge < -0.3 is 4.74 Å². The molecule has 3 heterocycles. The van der Waals surface area contributed by atoms with Gasteiger partial charge in [-0.2, -0.15) is 21.4 Å². The normalized spacial score (nSPS) is 21.0. The van der Waals surface area contributed by atoms with Gasteiger partial charge in [0.2, 0.25) is 10.9 Å². The molecule has 0 amide bonds. The van der Waals surface area contributed by atoms with Crippen LogP contribution in [0.2, 0.25) is 0 Å². The number of rotatable bonds is 7. The lowest BCUT2D eigenvalue weighted by atomic mass is 10.0. The van der Waals surface area contributed by atoms with Crippen LogP contribution in [0.25, 0.3) is 38.2 Å². The van der Waals surface area contributed by atoms with Gasteiger partial charge >= 0.3 is 16.0 Å². The van der Waals surface area contributed by atoms with Gasteiger partial charge in [0.25, 0.3) is 15.1 Å². The van der Waals surface area contributed by atoms with Crippen molar-refractivity contribution >= 4 is 64.3 Å². The molecule has 2 unspecified atom stereocenters. The fourth-order valence-electron chi connectivity index (χ4n) is 6.68. The van der Waals surface area contributed by atoms with Gasteiger partial charge in [-0.05, 0) is 34.7 Å². The Morgan fingerprint density at radius 1 is 0.932 bits per heavy atom. The Morgan fingerprint density at radius 3 is 2.48 bits per heavy atom. The van der Waals surface area contributed by atoms with Gasteiger partial charge in [0, 0.05) is 25.3 Å². The van der Waals surface area contributed by atoms with Crippen molar-refractivity contribution in [2.75, 3.05) is 12.3 Å².